The molecule has 0 bridgehead atoms. The topological polar surface area (TPSA) is 100 Å². The standard InChI is InChI=1S/C18H18N6O/c1-25-16-9-5-3-7-14(16)13-6-2-4-8-15(13)24(18(19)20)23-17-10-11-21-12-22-17/h2-12H,1H3,(H3,19,20)(H,21,22,23). The Hall–Kier alpha value is -3.61. The minimum absolute atomic E-state index is 0.166. The minimum atomic E-state index is -0.166. The molecule has 7 heteroatoms. The normalized spacial score (nSPS) is 10.1. The van der Waals surface area contributed by atoms with Crippen LogP contribution < -0.4 is 20.9 Å². The fourth-order valence-electron chi connectivity index (χ4n) is 2.49. The molecule has 0 saturated carbocycles. The molecule has 0 aliphatic rings. The third-order valence-electron chi connectivity index (χ3n) is 3.59. The Morgan fingerprint density at radius 3 is 2.48 bits per heavy atom. The van der Waals surface area contributed by atoms with Gasteiger partial charge in [0.2, 0.25) is 5.96 Å². The number of aromatic nitrogens is 2. The molecule has 0 atom stereocenters. The quantitative estimate of drug-likeness (QED) is 0.377. The van der Waals surface area contributed by atoms with Gasteiger partial charge >= 0.3 is 0 Å². The number of benzene rings is 2. The average molecular weight is 334 g/mol. The number of hydrazine groups is 1. The number of nitrogens with zero attached hydrogens (tertiary/aromatic N) is 3. The van der Waals surface area contributed by atoms with E-state index in [0.29, 0.717) is 11.5 Å². The van der Waals surface area contributed by atoms with E-state index >= 15 is 0 Å². The highest BCUT2D eigenvalue weighted by atomic mass is 16.5. The number of hydrogen-bond donors (Lipinski definition) is 3. The van der Waals surface area contributed by atoms with Crippen LogP contribution in [0.4, 0.5) is 11.5 Å². The summed E-state index contributed by atoms with van der Waals surface area (Å²) in [5.74, 6) is 1.10. The Balaban J connectivity index is 2.07. The first-order valence-electron chi connectivity index (χ1n) is 7.60. The van der Waals surface area contributed by atoms with Crippen LogP contribution in [0.3, 0.4) is 0 Å². The highest BCUT2D eigenvalue weighted by Gasteiger charge is 2.17. The van der Waals surface area contributed by atoms with Crippen LogP contribution in [-0.4, -0.2) is 23.0 Å². The number of nitrogens with two attached hydrogens (primary N) is 1. The van der Waals surface area contributed by atoms with Gasteiger partial charge in [-0.1, -0.05) is 36.4 Å². The van der Waals surface area contributed by atoms with Gasteiger partial charge in [-0.25, -0.2) is 15.0 Å². The number of methoxy groups -OCH3 is 1. The van der Waals surface area contributed by atoms with Crippen molar-refractivity contribution in [3.63, 3.8) is 0 Å². The molecule has 25 heavy (non-hydrogen) atoms. The lowest BCUT2D eigenvalue weighted by atomic mass is 10.0. The summed E-state index contributed by atoms with van der Waals surface area (Å²) < 4.78 is 5.47. The average Bonchev–Trinajstić information content (AvgIpc) is 2.67. The van der Waals surface area contributed by atoms with Crippen molar-refractivity contribution >= 4 is 17.5 Å². The summed E-state index contributed by atoms with van der Waals surface area (Å²) in [6.07, 6.45) is 3.03. The SMILES string of the molecule is COc1ccccc1-c1ccccc1N(Nc1ccncn1)C(=N)N. The molecule has 126 valence electrons. The lowest BCUT2D eigenvalue weighted by Gasteiger charge is -2.26. The van der Waals surface area contributed by atoms with E-state index in [1.165, 1.54) is 11.3 Å². The van der Waals surface area contributed by atoms with Gasteiger partial charge in [0, 0.05) is 23.4 Å². The number of guanidine groups is 1. The second-order valence-corrected chi connectivity index (χ2v) is 5.14. The summed E-state index contributed by atoms with van der Waals surface area (Å²) in [6, 6.07) is 17.0. The molecular weight excluding hydrogens is 316 g/mol. The Morgan fingerprint density at radius 1 is 1.08 bits per heavy atom. The van der Waals surface area contributed by atoms with Gasteiger partial charge in [-0.15, -0.1) is 0 Å². The van der Waals surface area contributed by atoms with E-state index in [2.05, 4.69) is 15.4 Å². The molecule has 0 unspecified atom stereocenters. The van der Waals surface area contributed by atoms with Gasteiger partial charge in [0.1, 0.15) is 17.9 Å². The van der Waals surface area contributed by atoms with Gasteiger partial charge < -0.3 is 10.5 Å². The Morgan fingerprint density at radius 2 is 1.80 bits per heavy atom. The highest BCUT2D eigenvalue weighted by molar-refractivity contribution is 5.99. The van der Waals surface area contributed by atoms with Crippen molar-refractivity contribution < 1.29 is 4.74 Å². The van der Waals surface area contributed by atoms with E-state index in [0.717, 1.165) is 16.9 Å². The first-order valence-corrected chi connectivity index (χ1v) is 7.60. The fraction of sp³-hybridized carbons (Fsp3) is 0.0556. The largest absolute Gasteiger partial charge is 0.496 e. The number of nitrogens with one attached hydrogen (secondary N) is 2. The van der Waals surface area contributed by atoms with Gasteiger partial charge in [0.25, 0.3) is 0 Å². The number of para-hydroxylation sites is 2. The van der Waals surface area contributed by atoms with E-state index in [4.69, 9.17) is 15.9 Å². The lowest BCUT2D eigenvalue weighted by molar-refractivity contribution is 0.416. The molecule has 0 aliphatic heterocycles. The number of anilines is 2. The Bertz CT molecular complexity index is 868. The molecule has 1 heterocycles. The lowest BCUT2D eigenvalue weighted by Crippen LogP contribution is -2.41. The van der Waals surface area contributed by atoms with Gasteiger partial charge in [0.05, 0.1) is 12.8 Å². The first-order chi connectivity index (χ1) is 12.2. The van der Waals surface area contributed by atoms with Crippen LogP contribution in [0.1, 0.15) is 0 Å². The summed E-state index contributed by atoms with van der Waals surface area (Å²) in [6.45, 7) is 0. The summed E-state index contributed by atoms with van der Waals surface area (Å²) in [7, 11) is 1.63. The molecule has 0 aliphatic carbocycles. The molecule has 0 amide bonds. The summed E-state index contributed by atoms with van der Waals surface area (Å²) >= 11 is 0. The van der Waals surface area contributed by atoms with Crippen molar-refractivity contribution in [3.05, 3.63) is 67.1 Å². The zero-order valence-corrected chi connectivity index (χ0v) is 13.7. The summed E-state index contributed by atoms with van der Waals surface area (Å²) in [4.78, 5) is 8.01. The summed E-state index contributed by atoms with van der Waals surface area (Å²) in [5, 5.41) is 9.43. The van der Waals surface area contributed by atoms with E-state index in [9.17, 15) is 0 Å². The maximum absolute atomic E-state index is 7.96. The number of ether oxygens (including phenoxy) is 1. The molecule has 3 aromatic rings. The predicted octanol–water partition coefficient (Wildman–Crippen LogP) is 2.88. The number of rotatable bonds is 5. The van der Waals surface area contributed by atoms with E-state index < -0.39 is 0 Å². The highest BCUT2D eigenvalue weighted by Crippen LogP contribution is 2.36. The van der Waals surface area contributed by atoms with Crippen molar-refractivity contribution in [3.8, 4) is 16.9 Å². The second-order valence-electron chi connectivity index (χ2n) is 5.14. The van der Waals surface area contributed by atoms with Crippen LogP contribution in [0.5, 0.6) is 5.75 Å². The van der Waals surface area contributed by atoms with Gasteiger partial charge in [0.15, 0.2) is 0 Å². The van der Waals surface area contributed by atoms with Crippen molar-refractivity contribution in [1.29, 1.82) is 5.41 Å². The first kappa shape index (κ1) is 16.3. The van der Waals surface area contributed by atoms with Gasteiger partial charge in [-0.05, 0) is 12.1 Å². The molecule has 2 aromatic carbocycles. The van der Waals surface area contributed by atoms with Gasteiger partial charge in [-0.3, -0.25) is 10.8 Å². The monoisotopic (exact) mass is 334 g/mol. The second kappa shape index (κ2) is 7.31. The molecule has 0 saturated heterocycles. The zero-order valence-electron chi connectivity index (χ0n) is 13.7. The molecule has 4 N–H and O–H groups in total. The maximum atomic E-state index is 7.96. The Kier molecular flexibility index (Phi) is 4.75. The maximum Gasteiger partial charge on any atom is 0.212 e. The van der Waals surface area contributed by atoms with Crippen LogP contribution in [0.2, 0.25) is 0 Å². The smallest absolute Gasteiger partial charge is 0.212 e. The molecule has 0 radical (unpaired) electrons. The molecule has 7 nitrogen and oxygen atoms in total. The van der Waals surface area contributed by atoms with Crippen LogP contribution in [0.25, 0.3) is 11.1 Å². The molecular formula is C18H18N6O. The number of hydrogen-bond acceptors (Lipinski definition) is 5. The van der Waals surface area contributed by atoms with E-state index in [1.54, 1.807) is 19.4 Å². The van der Waals surface area contributed by atoms with Crippen LogP contribution in [-0.2, 0) is 0 Å². The molecule has 0 spiro atoms. The van der Waals surface area contributed by atoms with Crippen LogP contribution in [0, 0.1) is 5.41 Å². The fourth-order valence-corrected chi connectivity index (χ4v) is 2.49. The molecule has 0 fully saturated rings. The Labute approximate surface area is 145 Å². The third-order valence-corrected chi connectivity index (χ3v) is 3.59. The van der Waals surface area contributed by atoms with Crippen LogP contribution in [0.15, 0.2) is 67.1 Å². The summed E-state index contributed by atoms with van der Waals surface area (Å²) in [5.41, 5.74) is 11.3. The van der Waals surface area contributed by atoms with Crippen LogP contribution >= 0.6 is 0 Å². The van der Waals surface area contributed by atoms with Gasteiger partial charge in [-0.2, -0.15) is 0 Å². The predicted molar refractivity (Wildman–Crippen MR) is 98.5 cm³/mol. The third kappa shape index (κ3) is 3.50. The van der Waals surface area contributed by atoms with Crippen molar-refractivity contribution in [1.82, 2.24) is 9.97 Å². The van der Waals surface area contributed by atoms with Crippen molar-refractivity contribution in [2.24, 2.45) is 5.73 Å². The van der Waals surface area contributed by atoms with E-state index in [1.807, 2.05) is 48.5 Å². The van der Waals surface area contributed by atoms with Crippen molar-refractivity contribution in [2.45, 2.75) is 0 Å². The van der Waals surface area contributed by atoms with Crippen molar-refractivity contribution in [2.75, 3.05) is 17.5 Å². The minimum Gasteiger partial charge on any atom is -0.496 e. The van der Waals surface area contributed by atoms with E-state index in [-0.39, 0.29) is 5.96 Å². The zero-order chi connectivity index (χ0) is 17.6. The molecule has 3 rings (SSSR count). The molecule has 1 aromatic heterocycles.